The highest BCUT2D eigenvalue weighted by Gasteiger charge is 2.34. The lowest BCUT2D eigenvalue weighted by Gasteiger charge is -2.40. The summed E-state index contributed by atoms with van der Waals surface area (Å²) in [4.78, 5) is 30.4. The summed E-state index contributed by atoms with van der Waals surface area (Å²) >= 11 is 0. The number of piperazine rings is 1. The van der Waals surface area contributed by atoms with E-state index in [0.29, 0.717) is 19.1 Å². The molecule has 1 aliphatic carbocycles. The van der Waals surface area contributed by atoms with Crippen LogP contribution < -0.4 is 5.73 Å². The number of benzene rings is 1. The Balaban J connectivity index is 1.30. The number of carbonyl (C=O) groups excluding carboxylic acids is 2. The number of nitrogens with two attached hydrogens (primary N) is 1. The summed E-state index contributed by atoms with van der Waals surface area (Å²) in [5, 5.41) is 0. The molecule has 6 heteroatoms. The molecule has 26 heavy (non-hydrogen) atoms. The molecule has 2 heterocycles. The molecular formula is C20H28N4O2. The second kappa shape index (κ2) is 7.27. The van der Waals surface area contributed by atoms with Gasteiger partial charge in [0.15, 0.2) is 0 Å². The minimum absolute atomic E-state index is 0.0847. The Hall–Kier alpha value is -2.08. The Bertz CT molecular complexity index is 659. The molecule has 1 aromatic rings. The van der Waals surface area contributed by atoms with E-state index in [1.54, 1.807) is 4.90 Å². The molecule has 1 aromatic carbocycles. The van der Waals surface area contributed by atoms with E-state index < -0.39 is 6.03 Å². The monoisotopic (exact) mass is 356 g/mol. The molecule has 0 unspecified atom stereocenters. The third-order valence-corrected chi connectivity index (χ3v) is 6.25. The number of likely N-dealkylation sites (tertiary alicyclic amines) is 1. The van der Waals surface area contributed by atoms with Crippen molar-refractivity contribution >= 4 is 11.9 Å². The van der Waals surface area contributed by atoms with Gasteiger partial charge in [0.25, 0.3) is 0 Å². The van der Waals surface area contributed by atoms with E-state index in [4.69, 9.17) is 5.73 Å². The average molecular weight is 356 g/mol. The standard InChI is InChI=1S/C20H28N4O2/c21-20(26)24-7-3-6-17(14-24)19(25)23-10-8-22(9-11-23)18-12-15-4-1-2-5-16(15)13-18/h1-2,4-5,17-18H,3,6-14H2,(H2,21,26)/t17-/m1/s1. The molecule has 1 atom stereocenters. The van der Waals surface area contributed by atoms with Gasteiger partial charge in [0.05, 0.1) is 5.92 Å². The van der Waals surface area contributed by atoms with Gasteiger partial charge in [0, 0.05) is 45.3 Å². The zero-order valence-electron chi connectivity index (χ0n) is 15.3. The van der Waals surface area contributed by atoms with E-state index in [1.165, 1.54) is 11.1 Å². The van der Waals surface area contributed by atoms with Crippen molar-refractivity contribution in [3.05, 3.63) is 35.4 Å². The van der Waals surface area contributed by atoms with Crippen LogP contribution in [0.25, 0.3) is 0 Å². The largest absolute Gasteiger partial charge is 0.351 e. The first-order valence-corrected chi connectivity index (χ1v) is 9.76. The lowest BCUT2D eigenvalue weighted by molar-refractivity contribution is -0.139. The number of hydrogen-bond donors (Lipinski definition) is 1. The summed E-state index contributed by atoms with van der Waals surface area (Å²) in [5.74, 6) is 0.115. The molecule has 0 spiro atoms. The fourth-order valence-electron chi connectivity index (χ4n) is 4.74. The SMILES string of the molecule is NC(=O)N1CCC[C@@H](C(=O)N2CCN(C3Cc4ccccc4C3)CC2)C1. The molecule has 3 amide bonds. The molecule has 2 saturated heterocycles. The van der Waals surface area contributed by atoms with Crippen molar-refractivity contribution in [2.45, 2.75) is 31.7 Å². The Morgan fingerprint density at radius 2 is 1.58 bits per heavy atom. The molecule has 4 rings (SSSR count). The van der Waals surface area contributed by atoms with E-state index in [0.717, 1.165) is 51.9 Å². The normalized spacial score (nSPS) is 24.5. The Morgan fingerprint density at radius 3 is 2.19 bits per heavy atom. The maximum atomic E-state index is 12.9. The lowest BCUT2D eigenvalue weighted by atomic mass is 9.96. The summed E-state index contributed by atoms with van der Waals surface area (Å²) in [7, 11) is 0. The number of urea groups is 1. The topological polar surface area (TPSA) is 69.9 Å². The van der Waals surface area contributed by atoms with Gasteiger partial charge < -0.3 is 15.5 Å². The van der Waals surface area contributed by atoms with Crippen LogP contribution in [0.1, 0.15) is 24.0 Å². The third-order valence-electron chi connectivity index (χ3n) is 6.25. The molecular weight excluding hydrogens is 328 g/mol. The van der Waals surface area contributed by atoms with E-state index >= 15 is 0 Å². The quantitative estimate of drug-likeness (QED) is 0.862. The van der Waals surface area contributed by atoms with Crippen molar-refractivity contribution in [3.63, 3.8) is 0 Å². The number of piperidine rings is 1. The number of nitrogens with zero attached hydrogens (tertiary/aromatic N) is 3. The second-order valence-electron chi connectivity index (χ2n) is 7.82. The zero-order chi connectivity index (χ0) is 18.1. The van der Waals surface area contributed by atoms with Crippen LogP contribution in [0.5, 0.6) is 0 Å². The van der Waals surface area contributed by atoms with E-state index in [2.05, 4.69) is 29.2 Å². The van der Waals surface area contributed by atoms with E-state index in [1.807, 2.05) is 4.90 Å². The van der Waals surface area contributed by atoms with Gasteiger partial charge in [-0.2, -0.15) is 0 Å². The minimum Gasteiger partial charge on any atom is -0.351 e. The van der Waals surface area contributed by atoms with Gasteiger partial charge in [-0.05, 0) is 36.8 Å². The highest BCUT2D eigenvalue weighted by molar-refractivity contribution is 5.80. The van der Waals surface area contributed by atoms with Crippen molar-refractivity contribution in [2.24, 2.45) is 11.7 Å². The molecule has 6 nitrogen and oxygen atoms in total. The van der Waals surface area contributed by atoms with Crippen molar-refractivity contribution < 1.29 is 9.59 Å². The summed E-state index contributed by atoms with van der Waals surface area (Å²) in [6.07, 6.45) is 3.97. The lowest BCUT2D eigenvalue weighted by Crippen LogP contribution is -2.55. The van der Waals surface area contributed by atoms with Crippen molar-refractivity contribution in [1.29, 1.82) is 0 Å². The highest BCUT2D eigenvalue weighted by Crippen LogP contribution is 2.26. The van der Waals surface area contributed by atoms with Crippen LogP contribution in [0, 0.1) is 5.92 Å². The Morgan fingerprint density at radius 1 is 0.923 bits per heavy atom. The van der Waals surface area contributed by atoms with Gasteiger partial charge in [-0.1, -0.05) is 24.3 Å². The number of rotatable bonds is 2. The second-order valence-corrected chi connectivity index (χ2v) is 7.82. The predicted molar refractivity (Wildman–Crippen MR) is 99.7 cm³/mol. The summed E-state index contributed by atoms with van der Waals surface area (Å²) in [5.41, 5.74) is 8.34. The average Bonchev–Trinajstić information content (AvgIpc) is 3.12. The molecule has 3 aliphatic rings. The fraction of sp³-hybridized carbons (Fsp3) is 0.600. The van der Waals surface area contributed by atoms with Gasteiger partial charge in [-0.25, -0.2) is 4.79 Å². The van der Waals surface area contributed by atoms with E-state index in [9.17, 15) is 9.59 Å². The van der Waals surface area contributed by atoms with Gasteiger partial charge >= 0.3 is 6.03 Å². The van der Waals surface area contributed by atoms with Crippen LogP contribution in [-0.4, -0.2) is 71.9 Å². The van der Waals surface area contributed by atoms with Gasteiger partial charge in [0.1, 0.15) is 0 Å². The third kappa shape index (κ3) is 3.43. The summed E-state index contributed by atoms with van der Waals surface area (Å²) in [6, 6.07) is 8.89. The predicted octanol–water partition coefficient (Wildman–Crippen LogP) is 1.09. The first kappa shape index (κ1) is 17.3. The highest BCUT2D eigenvalue weighted by atomic mass is 16.2. The van der Waals surface area contributed by atoms with Crippen LogP contribution in [0.4, 0.5) is 4.79 Å². The van der Waals surface area contributed by atoms with Gasteiger partial charge in [0.2, 0.25) is 5.91 Å². The van der Waals surface area contributed by atoms with Gasteiger partial charge in [-0.3, -0.25) is 9.69 Å². The molecule has 0 bridgehead atoms. The number of hydrogen-bond acceptors (Lipinski definition) is 3. The van der Waals surface area contributed by atoms with Crippen molar-refractivity contribution in [3.8, 4) is 0 Å². The summed E-state index contributed by atoms with van der Waals surface area (Å²) in [6.45, 7) is 4.62. The van der Waals surface area contributed by atoms with Crippen LogP contribution in [-0.2, 0) is 17.6 Å². The Kier molecular flexibility index (Phi) is 4.85. The van der Waals surface area contributed by atoms with Crippen LogP contribution in [0.3, 0.4) is 0 Å². The maximum Gasteiger partial charge on any atom is 0.314 e. The van der Waals surface area contributed by atoms with E-state index in [-0.39, 0.29) is 11.8 Å². The Labute approximate surface area is 154 Å². The first-order valence-electron chi connectivity index (χ1n) is 9.76. The number of carbonyl (C=O) groups is 2. The van der Waals surface area contributed by atoms with Crippen molar-refractivity contribution in [1.82, 2.24) is 14.7 Å². The fourth-order valence-corrected chi connectivity index (χ4v) is 4.74. The smallest absolute Gasteiger partial charge is 0.314 e. The number of amides is 3. The maximum absolute atomic E-state index is 12.9. The van der Waals surface area contributed by atoms with Crippen molar-refractivity contribution in [2.75, 3.05) is 39.3 Å². The molecule has 0 radical (unpaired) electrons. The molecule has 2 fully saturated rings. The minimum atomic E-state index is -0.409. The molecule has 0 saturated carbocycles. The molecule has 2 N–H and O–H groups in total. The van der Waals surface area contributed by atoms with Gasteiger partial charge in [-0.15, -0.1) is 0 Å². The first-order chi connectivity index (χ1) is 12.6. The molecule has 140 valence electrons. The van der Waals surface area contributed by atoms with Crippen LogP contribution in [0.15, 0.2) is 24.3 Å². The molecule has 2 aliphatic heterocycles. The van der Waals surface area contributed by atoms with Crippen LogP contribution in [0.2, 0.25) is 0 Å². The molecule has 0 aromatic heterocycles. The summed E-state index contributed by atoms with van der Waals surface area (Å²) < 4.78 is 0. The van der Waals surface area contributed by atoms with Crippen LogP contribution >= 0.6 is 0 Å². The zero-order valence-corrected chi connectivity index (χ0v) is 15.3. The number of primary amides is 1. The number of fused-ring (bicyclic) bond motifs is 1.